The lowest BCUT2D eigenvalue weighted by Gasteiger charge is -2.27. The Bertz CT molecular complexity index is 649. The van der Waals surface area contributed by atoms with Crippen LogP contribution in [0.25, 0.3) is 6.08 Å². The van der Waals surface area contributed by atoms with Crippen LogP contribution in [-0.4, -0.2) is 48.1 Å². The van der Waals surface area contributed by atoms with Gasteiger partial charge >= 0.3 is 0 Å². The first-order valence-corrected chi connectivity index (χ1v) is 9.53. The zero-order valence-corrected chi connectivity index (χ0v) is 15.7. The van der Waals surface area contributed by atoms with Crippen LogP contribution in [0.1, 0.15) is 30.9 Å². The van der Waals surface area contributed by atoms with E-state index in [1.165, 1.54) is 22.2 Å². The van der Waals surface area contributed by atoms with Crippen LogP contribution in [0.5, 0.6) is 0 Å². The quantitative estimate of drug-likeness (QED) is 0.654. The number of rotatable bonds is 4. The van der Waals surface area contributed by atoms with Crippen molar-refractivity contribution in [3.05, 3.63) is 40.3 Å². The molecular formula is C18H23N2O2S2+. The van der Waals surface area contributed by atoms with Crippen molar-refractivity contribution in [3.63, 3.8) is 0 Å². The average molecular weight is 364 g/mol. The predicted molar refractivity (Wildman–Crippen MR) is 102 cm³/mol. The molecule has 1 N–H and O–H groups in total. The summed E-state index contributed by atoms with van der Waals surface area (Å²) >= 11 is 6.82. The second kappa shape index (κ2) is 7.78. The van der Waals surface area contributed by atoms with Gasteiger partial charge < -0.3 is 9.64 Å². The highest BCUT2D eigenvalue weighted by molar-refractivity contribution is 8.26. The Kier molecular flexibility index (Phi) is 5.71. The number of carbonyl (C=O) groups excluding carboxylic acids is 1. The predicted octanol–water partition coefficient (Wildman–Crippen LogP) is 1.88. The number of hydrogen-bond acceptors (Lipinski definition) is 4. The molecule has 1 aromatic rings. The number of thioether (sulfide) groups is 1. The second-order valence-electron chi connectivity index (χ2n) is 6.45. The molecule has 6 heteroatoms. The van der Waals surface area contributed by atoms with Crippen molar-refractivity contribution < 1.29 is 14.4 Å². The minimum atomic E-state index is 0.0249. The molecule has 0 unspecified atom stereocenters. The maximum absolute atomic E-state index is 12.7. The molecular weight excluding hydrogens is 340 g/mol. The molecule has 2 aliphatic rings. The Morgan fingerprint density at radius 2 is 1.96 bits per heavy atom. The van der Waals surface area contributed by atoms with Crippen molar-refractivity contribution in [1.29, 1.82) is 0 Å². The Morgan fingerprint density at radius 1 is 1.29 bits per heavy atom. The number of nitrogens with one attached hydrogen (secondary N) is 1. The fourth-order valence-corrected chi connectivity index (χ4v) is 4.06. The first-order valence-electron chi connectivity index (χ1n) is 8.31. The molecule has 0 atom stereocenters. The summed E-state index contributed by atoms with van der Waals surface area (Å²) in [6.07, 6.45) is 1.94. The van der Waals surface area contributed by atoms with Crippen LogP contribution in [-0.2, 0) is 9.53 Å². The van der Waals surface area contributed by atoms with Gasteiger partial charge in [0.1, 0.15) is 13.1 Å². The molecule has 0 saturated carbocycles. The highest BCUT2D eigenvalue weighted by atomic mass is 32.2. The van der Waals surface area contributed by atoms with Gasteiger partial charge in [-0.1, -0.05) is 62.1 Å². The molecule has 0 bridgehead atoms. The smallest absolute Gasteiger partial charge is 0.270 e. The number of thiocarbonyl (C=S) groups is 1. The molecule has 2 fully saturated rings. The first-order chi connectivity index (χ1) is 11.5. The lowest BCUT2D eigenvalue weighted by molar-refractivity contribution is -0.914. The highest BCUT2D eigenvalue weighted by Crippen LogP contribution is 2.32. The number of morpholine rings is 1. The number of amides is 1. The monoisotopic (exact) mass is 363 g/mol. The van der Waals surface area contributed by atoms with Gasteiger partial charge in [-0.3, -0.25) is 4.79 Å². The summed E-state index contributed by atoms with van der Waals surface area (Å²) < 4.78 is 6.03. The number of ether oxygens (including phenoxy) is 1. The average Bonchev–Trinajstić information content (AvgIpc) is 2.84. The minimum absolute atomic E-state index is 0.0249. The normalized spacial score (nSPS) is 21.3. The first kappa shape index (κ1) is 17.6. The maximum Gasteiger partial charge on any atom is 0.270 e. The van der Waals surface area contributed by atoms with E-state index in [1.807, 2.05) is 6.08 Å². The Balaban J connectivity index is 1.70. The summed E-state index contributed by atoms with van der Waals surface area (Å²) in [4.78, 5) is 16.5. The third-order valence-corrected chi connectivity index (χ3v) is 5.73. The second-order valence-corrected chi connectivity index (χ2v) is 8.13. The largest absolute Gasteiger partial charge is 0.370 e. The van der Waals surface area contributed by atoms with Crippen LogP contribution in [0.2, 0.25) is 0 Å². The van der Waals surface area contributed by atoms with Gasteiger partial charge in [-0.05, 0) is 23.1 Å². The number of nitrogens with zero attached hydrogens (tertiary/aromatic N) is 1. The van der Waals surface area contributed by atoms with E-state index in [-0.39, 0.29) is 5.91 Å². The van der Waals surface area contributed by atoms with Crippen molar-refractivity contribution in [2.45, 2.75) is 19.8 Å². The van der Waals surface area contributed by atoms with Gasteiger partial charge in [0.05, 0.1) is 18.1 Å². The van der Waals surface area contributed by atoms with Gasteiger partial charge in [0, 0.05) is 0 Å². The number of hydrogen-bond donors (Lipinski definition) is 1. The summed E-state index contributed by atoms with van der Waals surface area (Å²) in [6, 6.07) is 8.37. The molecule has 2 saturated heterocycles. The molecule has 0 spiro atoms. The van der Waals surface area contributed by atoms with Crippen molar-refractivity contribution in [1.82, 2.24) is 4.90 Å². The third-order valence-electron chi connectivity index (χ3n) is 4.36. The topological polar surface area (TPSA) is 34.0 Å². The fraction of sp³-hybridized carbons (Fsp3) is 0.444. The Labute approximate surface area is 152 Å². The van der Waals surface area contributed by atoms with Crippen LogP contribution in [0, 0.1) is 0 Å². The number of carbonyl (C=O) groups is 1. The molecule has 2 heterocycles. The van der Waals surface area contributed by atoms with Gasteiger partial charge in [0.25, 0.3) is 5.91 Å². The summed E-state index contributed by atoms with van der Waals surface area (Å²) in [5, 5.41) is 0. The number of benzene rings is 1. The summed E-state index contributed by atoms with van der Waals surface area (Å²) in [5.74, 6) is 0.533. The lowest BCUT2D eigenvalue weighted by atomic mass is 10.0. The lowest BCUT2D eigenvalue weighted by Crippen LogP contribution is -3.15. The van der Waals surface area contributed by atoms with Crippen LogP contribution < -0.4 is 4.90 Å². The molecule has 1 aromatic carbocycles. The molecule has 4 nitrogen and oxygen atoms in total. The van der Waals surface area contributed by atoms with Crippen LogP contribution >= 0.6 is 24.0 Å². The summed E-state index contributed by atoms with van der Waals surface area (Å²) in [5.41, 5.74) is 2.34. The van der Waals surface area contributed by atoms with E-state index in [0.29, 0.717) is 21.8 Å². The molecule has 3 rings (SSSR count). The van der Waals surface area contributed by atoms with E-state index < -0.39 is 0 Å². The van der Waals surface area contributed by atoms with Gasteiger partial charge in [-0.25, -0.2) is 4.90 Å². The Morgan fingerprint density at radius 3 is 2.58 bits per heavy atom. The molecule has 0 aliphatic carbocycles. The van der Waals surface area contributed by atoms with Crippen LogP contribution in [0.4, 0.5) is 0 Å². The van der Waals surface area contributed by atoms with Gasteiger partial charge in [-0.2, -0.15) is 0 Å². The van der Waals surface area contributed by atoms with E-state index in [1.54, 1.807) is 4.90 Å². The van der Waals surface area contributed by atoms with Crippen molar-refractivity contribution in [2.75, 3.05) is 33.0 Å². The van der Waals surface area contributed by atoms with Crippen molar-refractivity contribution >= 4 is 40.3 Å². The third kappa shape index (κ3) is 4.06. The molecule has 24 heavy (non-hydrogen) atoms. The molecule has 0 radical (unpaired) electrons. The minimum Gasteiger partial charge on any atom is -0.370 e. The van der Waals surface area contributed by atoms with Crippen LogP contribution in [0.3, 0.4) is 0 Å². The van der Waals surface area contributed by atoms with Crippen LogP contribution in [0.15, 0.2) is 29.2 Å². The fourth-order valence-electron chi connectivity index (χ4n) is 2.81. The molecule has 128 valence electrons. The van der Waals surface area contributed by atoms with Crippen molar-refractivity contribution in [2.24, 2.45) is 0 Å². The van der Waals surface area contributed by atoms with E-state index >= 15 is 0 Å². The molecule has 2 aliphatic heterocycles. The zero-order chi connectivity index (χ0) is 17.1. The summed E-state index contributed by atoms with van der Waals surface area (Å²) in [6.45, 7) is 8.34. The standard InChI is InChI=1S/C18H22N2O2S2/c1-13(2)15-5-3-14(4-6-15)11-16-17(21)20(18(23)24-16)12-19-7-9-22-10-8-19/h3-6,11,13H,7-10,12H2,1-2H3/p+1/b16-11+. The molecule has 0 aromatic heterocycles. The Hall–Kier alpha value is -1.21. The van der Waals surface area contributed by atoms with Gasteiger partial charge in [0.15, 0.2) is 11.0 Å². The zero-order valence-electron chi connectivity index (χ0n) is 14.1. The van der Waals surface area contributed by atoms with E-state index in [2.05, 4.69) is 38.1 Å². The van der Waals surface area contributed by atoms with Gasteiger partial charge in [0.2, 0.25) is 0 Å². The SMILES string of the molecule is CC(C)c1ccc(/C=C2/SC(=S)N(C[NH+]3CCOCC3)C2=O)cc1. The molecule has 1 amide bonds. The summed E-state index contributed by atoms with van der Waals surface area (Å²) in [7, 11) is 0. The van der Waals surface area contributed by atoms with Gasteiger partial charge in [-0.15, -0.1) is 0 Å². The number of quaternary nitrogens is 1. The van der Waals surface area contributed by atoms with E-state index in [4.69, 9.17) is 17.0 Å². The van der Waals surface area contributed by atoms with Crippen molar-refractivity contribution in [3.8, 4) is 0 Å². The maximum atomic E-state index is 12.7. The highest BCUT2D eigenvalue weighted by Gasteiger charge is 2.34. The van der Waals surface area contributed by atoms with E-state index in [9.17, 15) is 4.79 Å². The van der Waals surface area contributed by atoms with E-state index in [0.717, 1.165) is 31.9 Å².